The third-order valence-corrected chi connectivity index (χ3v) is 3.64. The molecule has 2 N–H and O–H groups in total. The molecule has 0 aliphatic carbocycles. The molecule has 20 heavy (non-hydrogen) atoms. The number of nitrogens with two attached hydrogens (primary N) is 1. The number of thiazole rings is 1. The van der Waals surface area contributed by atoms with E-state index in [2.05, 4.69) is 4.98 Å². The van der Waals surface area contributed by atoms with Gasteiger partial charge in [0, 0.05) is 11.8 Å². The zero-order chi connectivity index (χ0) is 14.4. The summed E-state index contributed by atoms with van der Waals surface area (Å²) in [6.45, 7) is 3.10. The predicted octanol–water partition coefficient (Wildman–Crippen LogP) is 2.80. The van der Waals surface area contributed by atoms with Gasteiger partial charge >= 0.3 is 0 Å². The first kappa shape index (κ1) is 14.7. The van der Waals surface area contributed by atoms with E-state index >= 15 is 0 Å². The Bertz CT molecular complexity index is 584. The fourth-order valence-corrected chi connectivity index (χ4v) is 2.59. The van der Waals surface area contributed by atoms with Gasteiger partial charge in [-0.1, -0.05) is 24.4 Å². The van der Waals surface area contributed by atoms with E-state index in [0.29, 0.717) is 30.3 Å². The molecule has 0 atom stereocenters. The third kappa shape index (κ3) is 3.91. The number of para-hydroxylation sites is 2. The van der Waals surface area contributed by atoms with Crippen LogP contribution in [-0.4, -0.2) is 23.2 Å². The number of rotatable bonds is 7. The van der Waals surface area contributed by atoms with E-state index in [1.54, 1.807) is 0 Å². The lowest BCUT2D eigenvalue weighted by molar-refractivity contribution is 0.279. The smallest absolute Gasteiger partial charge is 0.161 e. The molecule has 0 saturated carbocycles. The van der Waals surface area contributed by atoms with E-state index in [9.17, 15) is 0 Å². The van der Waals surface area contributed by atoms with Gasteiger partial charge in [-0.3, -0.25) is 0 Å². The maximum atomic E-state index is 5.74. The number of aromatic nitrogens is 1. The van der Waals surface area contributed by atoms with Gasteiger partial charge in [-0.25, -0.2) is 4.98 Å². The summed E-state index contributed by atoms with van der Waals surface area (Å²) in [5, 5.41) is 2.83. The van der Waals surface area contributed by atoms with Crippen LogP contribution in [0.1, 0.15) is 17.6 Å². The normalized spacial score (nSPS) is 10.2. The van der Waals surface area contributed by atoms with Gasteiger partial charge in [-0.05, 0) is 19.1 Å². The minimum absolute atomic E-state index is 0.329. The first-order valence-electron chi connectivity index (χ1n) is 6.29. The number of nitrogens with zero attached hydrogens (tertiary/aromatic N) is 1. The molecule has 1 aromatic carbocycles. The molecule has 2 aromatic rings. The topological polar surface area (TPSA) is 57.4 Å². The molecule has 0 spiro atoms. The number of thiocarbonyl (C=S) groups is 1. The van der Waals surface area contributed by atoms with Crippen LogP contribution in [0.2, 0.25) is 0 Å². The molecule has 0 fully saturated rings. The van der Waals surface area contributed by atoms with Gasteiger partial charge in [0.25, 0.3) is 0 Å². The highest BCUT2D eigenvalue weighted by Gasteiger charge is 2.06. The van der Waals surface area contributed by atoms with Gasteiger partial charge in [-0.15, -0.1) is 11.3 Å². The molecule has 0 radical (unpaired) electrons. The molecule has 0 aliphatic rings. The maximum absolute atomic E-state index is 5.74. The SMILES string of the molecule is CCOc1ccccc1OCCc1nc(C(N)=S)cs1. The van der Waals surface area contributed by atoms with Gasteiger partial charge in [-0.2, -0.15) is 0 Å². The minimum Gasteiger partial charge on any atom is -0.490 e. The Morgan fingerprint density at radius 2 is 2.00 bits per heavy atom. The molecule has 2 rings (SSSR count). The number of hydrogen-bond acceptors (Lipinski definition) is 5. The molecule has 0 bridgehead atoms. The van der Waals surface area contributed by atoms with Crippen LogP contribution in [0, 0.1) is 0 Å². The Kier molecular flexibility index (Phi) is 5.31. The van der Waals surface area contributed by atoms with Crippen molar-refractivity contribution in [3.8, 4) is 11.5 Å². The van der Waals surface area contributed by atoms with E-state index in [4.69, 9.17) is 27.4 Å². The maximum Gasteiger partial charge on any atom is 0.161 e. The predicted molar refractivity (Wildman–Crippen MR) is 84.8 cm³/mol. The molecule has 4 nitrogen and oxygen atoms in total. The van der Waals surface area contributed by atoms with Crippen LogP contribution < -0.4 is 15.2 Å². The first-order chi connectivity index (χ1) is 9.70. The summed E-state index contributed by atoms with van der Waals surface area (Å²) in [5.74, 6) is 1.51. The largest absolute Gasteiger partial charge is 0.490 e. The summed E-state index contributed by atoms with van der Waals surface area (Å²) in [4.78, 5) is 4.67. The van der Waals surface area contributed by atoms with Crippen molar-refractivity contribution in [2.75, 3.05) is 13.2 Å². The fraction of sp³-hybridized carbons (Fsp3) is 0.286. The molecule has 106 valence electrons. The summed E-state index contributed by atoms with van der Waals surface area (Å²) in [6.07, 6.45) is 0.716. The number of hydrogen-bond donors (Lipinski definition) is 1. The van der Waals surface area contributed by atoms with E-state index in [1.807, 2.05) is 36.6 Å². The second kappa shape index (κ2) is 7.21. The zero-order valence-corrected chi connectivity index (χ0v) is 12.8. The zero-order valence-electron chi connectivity index (χ0n) is 11.2. The minimum atomic E-state index is 0.329. The second-order valence-corrected chi connectivity index (χ2v) is 5.35. The highest BCUT2D eigenvalue weighted by Crippen LogP contribution is 2.26. The fourth-order valence-electron chi connectivity index (χ4n) is 1.63. The van der Waals surface area contributed by atoms with Crippen molar-refractivity contribution in [3.63, 3.8) is 0 Å². The molecular weight excluding hydrogens is 292 g/mol. The lowest BCUT2D eigenvalue weighted by Crippen LogP contribution is -2.10. The lowest BCUT2D eigenvalue weighted by atomic mass is 10.3. The highest BCUT2D eigenvalue weighted by atomic mass is 32.1. The molecule has 0 unspecified atom stereocenters. The van der Waals surface area contributed by atoms with Crippen molar-refractivity contribution in [1.82, 2.24) is 4.98 Å². The molecule has 1 aromatic heterocycles. The Morgan fingerprint density at radius 1 is 1.30 bits per heavy atom. The summed E-state index contributed by atoms with van der Waals surface area (Å²) in [5.41, 5.74) is 6.20. The van der Waals surface area contributed by atoms with Gasteiger partial charge in [0.15, 0.2) is 11.5 Å². The average molecular weight is 308 g/mol. The molecule has 6 heteroatoms. The van der Waals surface area contributed by atoms with Crippen LogP contribution in [0.25, 0.3) is 0 Å². The summed E-state index contributed by atoms with van der Waals surface area (Å²) >= 11 is 6.42. The van der Waals surface area contributed by atoms with Crippen LogP contribution in [0.3, 0.4) is 0 Å². The Morgan fingerprint density at radius 3 is 2.60 bits per heavy atom. The lowest BCUT2D eigenvalue weighted by Gasteiger charge is -2.10. The van der Waals surface area contributed by atoms with Crippen molar-refractivity contribution >= 4 is 28.5 Å². The van der Waals surface area contributed by atoms with E-state index in [0.717, 1.165) is 16.5 Å². The highest BCUT2D eigenvalue weighted by molar-refractivity contribution is 7.80. The van der Waals surface area contributed by atoms with E-state index < -0.39 is 0 Å². The second-order valence-electron chi connectivity index (χ2n) is 3.97. The standard InChI is InChI=1S/C14H16N2O2S2/c1-2-17-11-5-3-4-6-12(11)18-8-7-13-16-10(9-20-13)14(15)19/h3-6,9H,2,7-8H2,1H3,(H2,15,19). The molecule has 0 aliphatic heterocycles. The van der Waals surface area contributed by atoms with Crippen molar-refractivity contribution in [2.45, 2.75) is 13.3 Å². The molecule has 1 heterocycles. The first-order valence-corrected chi connectivity index (χ1v) is 7.58. The average Bonchev–Trinajstić information content (AvgIpc) is 2.90. The van der Waals surface area contributed by atoms with Crippen molar-refractivity contribution in [3.05, 3.63) is 40.3 Å². The molecule has 0 saturated heterocycles. The Balaban J connectivity index is 1.90. The molecular formula is C14H16N2O2S2. The van der Waals surface area contributed by atoms with Crippen LogP contribution >= 0.6 is 23.6 Å². The summed E-state index contributed by atoms with van der Waals surface area (Å²) < 4.78 is 11.2. The van der Waals surface area contributed by atoms with E-state index in [-0.39, 0.29) is 0 Å². The van der Waals surface area contributed by atoms with Gasteiger partial charge in [0.2, 0.25) is 0 Å². The monoisotopic (exact) mass is 308 g/mol. The van der Waals surface area contributed by atoms with Crippen molar-refractivity contribution in [1.29, 1.82) is 0 Å². The third-order valence-electron chi connectivity index (χ3n) is 2.53. The molecule has 0 amide bonds. The Hall–Kier alpha value is -1.66. The summed E-state index contributed by atoms with van der Waals surface area (Å²) in [7, 11) is 0. The van der Waals surface area contributed by atoms with E-state index in [1.165, 1.54) is 11.3 Å². The number of ether oxygens (including phenoxy) is 2. The van der Waals surface area contributed by atoms with Crippen LogP contribution in [0.5, 0.6) is 11.5 Å². The quantitative estimate of drug-likeness (QED) is 0.797. The van der Waals surface area contributed by atoms with Gasteiger partial charge < -0.3 is 15.2 Å². The van der Waals surface area contributed by atoms with Crippen LogP contribution in [-0.2, 0) is 6.42 Å². The Labute approximate surface area is 127 Å². The van der Waals surface area contributed by atoms with Gasteiger partial charge in [0.1, 0.15) is 10.7 Å². The van der Waals surface area contributed by atoms with Crippen molar-refractivity contribution < 1.29 is 9.47 Å². The van der Waals surface area contributed by atoms with Crippen LogP contribution in [0.15, 0.2) is 29.6 Å². The van der Waals surface area contributed by atoms with Crippen LogP contribution in [0.4, 0.5) is 0 Å². The number of benzene rings is 1. The summed E-state index contributed by atoms with van der Waals surface area (Å²) in [6, 6.07) is 7.64. The van der Waals surface area contributed by atoms with Gasteiger partial charge in [0.05, 0.1) is 18.2 Å². The van der Waals surface area contributed by atoms with Crippen molar-refractivity contribution in [2.24, 2.45) is 5.73 Å².